The van der Waals surface area contributed by atoms with E-state index in [4.69, 9.17) is 14.2 Å². The van der Waals surface area contributed by atoms with Gasteiger partial charge < -0.3 is 14.2 Å². The Balaban J connectivity index is 4.28. The summed E-state index contributed by atoms with van der Waals surface area (Å²) in [7, 11) is 0. The Labute approximate surface area is 498 Å². The van der Waals surface area contributed by atoms with Gasteiger partial charge in [0.25, 0.3) is 0 Å². The average molecular weight is 1120 g/mol. The predicted octanol–water partition coefficient (Wildman–Crippen LogP) is 24.3. The molecule has 0 heterocycles. The molecule has 1 atom stereocenters. The van der Waals surface area contributed by atoms with Gasteiger partial charge in [-0.3, -0.25) is 14.4 Å². The molecule has 1 unspecified atom stereocenters. The van der Waals surface area contributed by atoms with E-state index in [1.165, 1.54) is 238 Å². The fourth-order valence-electron chi connectivity index (χ4n) is 10.5. The molecule has 0 aliphatic heterocycles. The zero-order chi connectivity index (χ0) is 57.8. The molecular formula is C74H134O6. The Morgan fingerprint density at radius 3 is 0.775 bits per heavy atom. The Morgan fingerprint density at radius 1 is 0.263 bits per heavy atom. The topological polar surface area (TPSA) is 78.9 Å². The summed E-state index contributed by atoms with van der Waals surface area (Å²) < 4.78 is 17.0. The number of ether oxygens (including phenoxy) is 3. The fraction of sp³-hybridized carbons (Fsp3) is 0.824. The van der Waals surface area contributed by atoms with Crippen molar-refractivity contribution in [3.8, 4) is 0 Å². The highest BCUT2D eigenvalue weighted by Crippen LogP contribution is 2.18. The molecule has 6 nitrogen and oxygen atoms in total. The number of carbonyl (C=O) groups excluding carboxylic acids is 3. The van der Waals surface area contributed by atoms with Crippen LogP contribution in [0, 0.1) is 0 Å². The number of unbranched alkanes of at least 4 members (excludes halogenated alkanes) is 44. The molecule has 0 aromatic rings. The summed E-state index contributed by atoms with van der Waals surface area (Å²) in [6, 6.07) is 0. The van der Waals surface area contributed by atoms with Crippen LogP contribution in [0.2, 0.25) is 0 Å². The third-order valence-corrected chi connectivity index (χ3v) is 15.8. The van der Waals surface area contributed by atoms with E-state index >= 15 is 0 Å². The van der Waals surface area contributed by atoms with Gasteiger partial charge in [0.1, 0.15) is 13.2 Å². The minimum Gasteiger partial charge on any atom is -0.462 e. The van der Waals surface area contributed by atoms with Crippen molar-refractivity contribution in [1.29, 1.82) is 0 Å². The molecule has 0 saturated heterocycles. The first-order valence-corrected chi connectivity index (χ1v) is 35.3. The van der Waals surface area contributed by atoms with E-state index in [2.05, 4.69) is 81.5 Å². The van der Waals surface area contributed by atoms with Crippen LogP contribution < -0.4 is 0 Å². The van der Waals surface area contributed by atoms with Gasteiger partial charge in [-0.05, 0) is 83.5 Å². The number of rotatable bonds is 65. The van der Waals surface area contributed by atoms with Gasteiger partial charge in [0, 0.05) is 19.3 Å². The van der Waals surface area contributed by atoms with Crippen LogP contribution in [0.5, 0.6) is 0 Å². The minimum atomic E-state index is -0.787. The van der Waals surface area contributed by atoms with Gasteiger partial charge in [-0.25, -0.2) is 0 Å². The van der Waals surface area contributed by atoms with Gasteiger partial charge in [0.05, 0.1) is 0 Å². The molecule has 80 heavy (non-hydrogen) atoms. The van der Waals surface area contributed by atoms with Crippen LogP contribution >= 0.6 is 0 Å². The molecule has 0 aromatic heterocycles. The predicted molar refractivity (Wildman–Crippen MR) is 348 cm³/mol. The third-order valence-electron chi connectivity index (χ3n) is 15.8. The maximum absolute atomic E-state index is 12.9. The SMILES string of the molecule is CC/C=C\C/C=C\C/C=C\C/C=C\CCCCCCC(=O)OCC(COC(=O)CCCCCCCCCCCCCCCCCCCCCCCCCCCCC)OC(=O)CCCCCCCCC/C=C\CCCCCCCCC. The van der Waals surface area contributed by atoms with Crippen LogP contribution in [-0.4, -0.2) is 37.2 Å². The summed E-state index contributed by atoms with van der Waals surface area (Å²) in [6.07, 6.45) is 88.3. The first-order valence-electron chi connectivity index (χ1n) is 35.3. The van der Waals surface area contributed by atoms with Crippen LogP contribution in [0.3, 0.4) is 0 Å². The van der Waals surface area contributed by atoms with Crippen molar-refractivity contribution in [2.24, 2.45) is 0 Å². The summed E-state index contributed by atoms with van der Waals surface area (Å²) in [5, 5.41) is 0. The lowest BCUT2D eigenvalue weighted by molar-refractivity contribution is -0.167. The van der Waals surface area contributed by atoms with Crippen LogP contribution in [0.1, 0.15) is 374 Å². The molecule has 0 bridgehead atoms. The Morgan fingerprint density at radius 2 is 0.487 bits per heavy atom. The smallest absolute Gasteiger partial charge is 0.306 e. The quantitative estimate of drug-likeness (QED) is 0.0261. The third kappa shape index (κ3) is 65.9. The Bertz CT molecular complexity index is 1430. The van der Waals surface area contributed by atoms with E-state index in [0.717, 1.165) is 96.3 Å². The highest BCUT2D eigenvalue weighted by Gasteiger charge is 2.19. The minimum absolute atomic E-state index is 0.0804. The summed E-state index contributed by atoms with van der Waals surface area (Å²) in [4.78, 5) is 38.4. The fourth-order valence-corrected chi connectivity index (χ4v) is 10.5. The van der Waals surface area contributed by atoms with Crippen molar-refractivity contribution in [2.45, 2.75) is 380 Å². The molecule has 6 heteroatoms. The van der Waals surface area contributed by atoms with E-state index in [-0.39, 0.29) is 31.1 Å². The molecule has 0 amide bonds. The summed E-state index contributed by atoms with van der Waals surface area (Å²) in [5.74, 6) is -0.887. The molecule has 0 aliphatic carbocycles. The van der Waals surface area contributed by atoms with Gasteiger partial charge in [-0.2, -0.15) is 0 Å². The van der Waals surface area contributed by atoms with Crippen LogP contribution in [0.15, 0.2) is 60.8 Å². The highest BCUT2D eigenvalue weighted by molar-refractivity contribution is 5.71. The van der Waals surface area contributed by atoms with Crippen LogP contribution in [0.4, 0.5) is 0 Å². The molecule has 0 rings (SSSR count). The van der Waals surface area contributed by atoms with Gasteiger partial charge >= 0.3 is 17.9 Å². The lowest BCUT2D eigenvalue weighted by atomic mass is 10.0. The zero-order valence-corrected chi connectivity index (χ0v) is 53.6. The molecular weight excluding hydrogens is 985 g/mol. The monoisotopic (exact) mass is 1120 g/mol. The second-order valence-corrected chi connectivity index (χ2v) is 23.8. The van der Waals surface area contributed by atoms with Gasteiger partial charge in [-0.1, -0.05) is 332 Å². The standard InChI is InChI=1S/C74H134O6/c1-4-7-10-13-16-19-22-25-28-31-33-34-35-36-37-38-39-40-41-44-46-49-52-55-58-61-64-67-73(76)79-70-71(69-78-72(75)66-63-60-57-54-51-48-45-42-30-27-24-21-18-15-12-9-6-3)80-74(77)68-65-62-59-56-53-50-47-43-32-29-26-23-20-17-14-11-8-5-2/h9,12,18,21,27,29-30,32,45,48,71H,4-8,10-11,13-17,19-20,22-26,28,31,33-44,46-47,49-70H2,1-3H3/b12-9-,21-18-,30-27-,32-29-,48-45-. The zero-order valence-electron chi connectivity index (χ0n) is 53.6. The number of allylic oxidation sites excluding steroid dienone is 10. The Kier molecular flexibility index (Phi) is 66.1. The molecule has 0 spiro atoms. The summed E-state index contributed by atoms with van der Waals surface area (Å²) in [6.45, 7) is 6.57. The maximum Gasteiger partial charge on any atom is 0.306 e. The second kappa shape index (κ2) is 68.6. The molecule has 0 radical (unpaired) electrons. The van der Waals surface area contributed by atoms with Crippen molar-refractivity contribution in [3.05, 3.63) is 60.8 Å². The van der Waals surface area contributed by atoms with Gasteiger partial charge in [0.2, 0.25) is 0 Å². The number of carbonyl (C=O) groups is 3. The molecule has 0 aromatic carbocycles. The lowest BCUT2D eigenvalue weighted by Gasteiger charge is -2.18. The molecule has 0 saturated carbocycles. The van der Waals surface area contributed by atoms with Crippen molar-refractivity contribution >= 4 is 17.9 Å². The van der Waals surface area contributed by atoms with Crippen molar-refractivity contribution in [3.63, 3.8) is 0 Å². The Hall–Kier alpha value is -2.89. The van der Waals surface area contributed by atoms with E-state index in [0.29, 0.717) is 19.3 Å². The van der Waals surface area contributed by atoms with Gasteiger partial charge in [0.15, 0.2) is 6.10 Å². The molecule has 0 aliphatic rings. The second-order valence-electron chi connectivity index (χ2n) is 23.8. The largest absolute Gasteiger partial charge is 0.462 e. The van der Waals surface area contributed by atoms with Crippen molar-refractivity contribution in [1.82, 2.24) is 0 Å². The van der Waals surface area contributed by atoms with E-state index < -0.39 is 6.10 Å². The van der Waals surface area contributed by atoms with Gasteiger partial charge in [-0.15, -0.1) is 0 Å². The van der Waals surface area contributed by atoms with Crippen molar-refractivity contribution in [2.75, 3.05) is 13.2 Å². The molecule has 0 fully saturated rings. The summed E-state index contributed by atoms with van der Waals surface area (Å²) >= 11 is 0. The number of esters is 3. The van der Waals surface area contributed by atoms with E-state index in [9.17, 15) is 14.4 Å². The van der Waals surface area contributed by atoms with E-state index in [1.54, 1.807) is 0 Å². The van der Waals surface area contributed by atoms with Crippen LogP contribution in [0.25, 0.3) is 0 Å². The average Bonchev–Trinajstić information content (AvgIpc) is 3.46. The number of hydrogen-bond donors (Lipinski definition) is 0. The normalized spacial score (nSPS) is 12.4. The van der Waals surface area contributed by atoms with Crippen LogP contribution in [-0.2, 0) is 28.6 Å². The first-order chi connectivity index (χ1) is 39.5. The summed E-state index contributed by atoms with van der Waals surface area (Å²) in [5.41, 5.74) is 0. The lowest BCUT2D eigenvalue weighted by Crippen LogP contribution is -2.30. The first kappa shape index (κ1) is 77.1. The molecule has 0 N–H and O–H groups in total. The van der Waals surface area contributed by atoms with Crippen molar-refractivity contribution < 1.29 is 28.6 Å². The maximum atomic E-state index is 12.9. The highest BCUT2D eigenvalue weighted by atomic mass is 16.6. The van der Waals surface area contributed by atoms with E-state index in [1.807, 2.05) is 0 Å². The number of hydrogen-bond acceptors (Lipinski definition) is 6. The molecule has 466 valence electrons.